The van der Waals surface area contributed by atoms with Crippen LogP contribution in [0.25, 0.3) is 5.69 Å². The molecule has 0 aliphatic heterocycles. The summed E-state index contributed by atoms with van der Waals surface area (Å²) in [6.07, 6.45) is 0. The zero-order valence-electron chi connectivity index (χ0n) is 9.81. The number of phenolic OH excluding ortho intramolecular Hbond substituents is 1. The predicted molar refractivity (Wildman–Crippen MR) is 66.7 cm³/mol. The molecule has 2 N–H and O–H groups in total. The molecule has 0 saturated heterocycles. The molecule has 0 saturated carbocycles. The third-order valence-electron chi connectivity index (χ3n) is 2.58. The van der Waals surface area contributed by atoms with Crippen molar-refractivity contribution in [3.63, 3.8) is 0 Å². The van der Waals surface area contributed by atoms with Crippen LogP contribution in [-0.4, -0.2) is 26.0 Å². The number of hydrogen-bond donors (Lipinski definition) is 2. The summed E-state index contributed by atoms with van der Waals surface area (Å²) in [5, 5.41) is 22.8. The van der Waals surface area contributed by atoms with E-state index >= 15 is 0 Å². The molecule has 0 amide bonds. The Morgan fingerprint density at radius 2 is 2.06 bits per heavy atom. The quantitative estimate of drug-likeness (QED) is 0.876. The van der Waals surface area contributed by atoms with Crippen LogP contribution in [0.15, 0.2) is 18.2 Å². The Morgan fingerprint density at radius 3 is 2.61 bits per heavy atom. The fourth-order valence-corrected chi connectivity index (χ4v) is 2.05. The van der Waals surface area contributed by atoms with Gasteiger partial charge in [0.15, 0.2) is 0 Å². The van der Waals surface area contributed by atoms with E-state index in [0.717, 1.165) is 5.56 Å². The maximum atomic E-state index is 11.0. The van der Waals surface area contributed by atoms with E-state index in [1.807, 2.05) is 6.92 Å². The van der Waals surface area contributed by atoms with E-state index in [1.54, 1.807) is 19.1 Å². The smallest absolute Gasteiger partial charge is 0.340 e. The van der Waals surface area contributed by atoms with Gasteiger partial charge in [-0.25, -0.2) is 9.48 Å². The van der Waals surface area contributed by atoms with Crippen molar-refractivity contribution in [1.29, 1.82) is 0 Å². The van der Waals surface area contributed by atoms with Crippen molar-refractivity contribution >= 4 is 17.6 Å². The fraction of sp³-hybridized carbons (Fsp3) is 0.167. The predicted octanol–water partition coefficient (Wildman–Crippen LogP) is 2.55. The number of aromatic hydroxyl groups is 1. The summed E-state index contributed by atoms with van der Waals surface area (Å²) in [7, 11) is 0. The molecule has 0 aliphatic carbocycles. The molecule has 0 atom stereocenters. The highest BCUT2D eigenvalue weighted by Crippen LogP contribution is 2.28. The average Bonchev–Trinajstić information content (AvgIpc) is 2.57. The number of halogens is 1. The number of nitrogens with zero attached hydrogens (tertiary/aromatic N) is 2. The molecule has 0 aliphatic rings. The molecule has 2 rings (SSSR count). The maximum Gasteiger partial charge on any atom is 0.340 e. The minimum atomic E-state index is -1.14. The summed E-state index contributed by atoms with van der Waals surface area (Å²) in [5.74, 6) is -1.15. The summed E-state index contributed by atoms with van der Waals surface area (Å²) in [6.45, 7) is 3.41. The third kappa shape index (κ3) is 1.93. The van der Waals surface area contributed by atoms with Crippen LogP contribution >= 0.6 is 11.6 Å². The van der Waals surface area contributed by atoms with Crippen molar-refractivity contribution in [1.82, 2.24) is 9.78 Å². The van der Waals surface area contributed by atoms with Crippen LogP contribution in [0.2, 0.25) is 5.15 Å². The Hall–Kier alpha value is -2.01. The minimum absolute atomic E-state index is 0.0121. The molecule has 0 bridgehead atoms. The highest BCUT2D eigenvalue weighted by molar-refractivity contribution is 6.33. The lowest BCUT2D eigenvalue weighted by Crippen LogP contribution is -2.00. The molecule has 6 heteroatoms. The van der Waals surface area contributed by atoms with Crippen LogP contribution in [0.5, 0.6) is 5.75 Å². The van der Waals surface area contributed by atoms with Crippen LogP contribution < -0.4 is 0 Å². The lowest BCUT2D eigenvalue weighted by Gasteiger charge is -2.06. The number of carboxylic acids is 1. The topological polar surface area (TPSA) is 75.3 Å². The number of carbonyl (C=O) groups is 1. The number of phenols is 1. The van der Waals surface area contributed by atoms with Crippen LogP contribution in [0, 0.1) is 13.8 Å². The summed E-state index contributed by atoms with van der Waals surface area (Å²) in [6, 6.07) is 4.93. The van der Waals surface area contributed by atoms with E-state index in [1.165, 1.54) is 10.7 Å². The third-order valence-corrected chi connectivity index (χ3v) is 2.93. The first-order valence-corrected chi connectivity index (χ1v) is 5.58. The monoisotopic (exact) mass is 266 g/mol. The van der Waals surface area contributed by atoms with Crippen LogP contribution in [-0.2, 0) is 0 Å². The molecule has 2 aromatic rings. The van der Waals surface area contributed by atoms with Gasteiger partial charge in [-0.15, -0.1) is 0 Å². The van der Waals surface area contributed by atoms with Crippen molar-refractivity contribution in [3.05, 3.63) is 40.2 Å². The fourth-order valence-electron chi connectivity index (χ4n) is 1.70. The zero-order chi connectivity index (χ0) is 13.4. The first-order chi connectivity index (χ1) is 8.41. The molecule has 18 heavy (non-hydrogen) atoms. The van der Waals surface area contributed by atoms with E-state index in [4.69, 9.17) is 16.7 Å². The van der Waals surface area contributed by atoms with Gasteiger partial charge >= 0.3 is 5.97 Å². The number of rotatable bonds is 2. The number of benzene rings is 1. The number of carboxylic acid groups (broad SMARTS) is 1. The van der Waals surface area contributed by atoms with Gasteiger partial charge in [0.1, 0.15) is 22.2 Å². The molecule has 1 aromatic heterocycles. The SMILES string of the molecule is Cc1ccc(O)c(-n2nc(C)c(C(=O)O)c2Cl)c1. The van der Waals surface area contributed by atoms with Gasteiger partial charge in [0.2, 0.25) is 0 Å². The van der Waals surface area contributed by atoms with Gasteiger partial charge in [0.05, 0.1) is 5.69 Å². The summed E-state index contributed by atoms with van der Waals surface area (Å²) in [4.78, 5) is 11.0. The minimum Gasteiger partial charge on any atom is -0.506 e. The number of hydrogen-bond acceptors (Lipinski definition) is 3. The van der Waals surface area contributed by atoms with Crippen LogP contribution in [0.1, 0.15) is 21.6 Å². The Balaban J connectivity index is 2.69. The summed E-state index contributed by atoms with van der Waals surface area (Å²) >= 11 is 5.99. The first-order valence-electron chi connectivity index (χ1n) is 5.20. The number of aromatic nitrogens is 2. The Morgan fingerprint density at radius 1 is 1.39 bits per heavy atom. The second-order valence-electron chi connectivity index (χ2n) is 3.96. The Kier molecular flexibility index (Phi) is 3.00. The number of aromatic carboxylic acids is 1. The first kappa shape index (κ1) is 12.4. The van der Waals surface area contributed by atoms with Gasteiger partial charge in [-0.3, -0.25) is 0 Å². The molecular formula is C12H11ClN2O3. The molecule has 5 nitrogen and oxygen atoms in total. The largest absolute Gasteiger partial charge is 0.506 e. The lowest BCUT2D eigenvalue weighted by molar-refractivity contribution is 0.0696. The van der Waals surface area contributed by atoms with Crippen LogP contribution in [0.4, 0.5) is 0 Å². The molecular weight excluding hydrogens is 256 g/mol. The normalized spacial score (nSPS) is 10.6. The highest BCUT2D eigenvalue weighted by Gasteiger charge is 2.21. The van der Waals surface area contributed by atoms with Gasteiger partial charge in [0, 0.05) is 0 Å². The number of aryl methyl sites for hydroxylation is 2. The zero-order valence-corrected chi connectivity index (χ0v) is 10.6. The Bertz CT molecular complexity index is 634. The van der Waals surface area contributed by atoms with Crippen molar-refractivity contribution in [2.75, 3.05) is 0 Å². The Labute approximate surface area is 108 Å². The second kappa shape index (κ2) is 4.34. The maximum absolute atomic E-state index is 11.0. The molecule has 1 heterocycles. The molecule has 0 spiro atoms. The van der Waals surface area contributed by atoms with E-state index in [2.05, 4.69) is 5.10 Å². The van der Waals surface area contributed by atoms with Gasteiger partial charge in [-0.1, -0.05) is 17.7 Å². The summed E-state index contributed by atoms with van der Waals surface area (Å²) < 4.78 is 1.22. The van der Waals surface area contributed by atoms with Gasteiger partial charge in [0.25, 0.3) is 0 Å². The van der Waals surface area contributed by atoms with Gasteiger partial charge < -0.3 is 10.2 Å². The van der Waals surface area contributed by atoms with Crippen molar-refractivity contribution in [2.24, 2.45) is 0 Å². The molecule has 0 unspecified atom stereocenters. The average molecular weight is 267 g/mol. The van der Waals surface area contributed by atoms with Crippen molar-refractivity contribution < 1.29 is 15.0 Å². The highest BCUT2D eigenvalue weighted by atomic mass is 35.5. The summed E-state index contributed by atoms with van der Waals surface area (Å²) in [5.41, 5.74) is 1.51. The standard InChI is InChI=1S/C12H11ClN2O3/c1-6-3-4-9(16)8(5-6)15-11(13)10(12(17)18)7(2)14-15/h3-5,16H,1-2H3,(H,17,18). The van der Waals surface area contributed by atoms with Gasteiger partial charge in [-0.2, -0.15) is 5.10 Å². The van der Waals surface area contributed by atoms with E-state index in [0.29, 0.717) is 11.4 Å². The molecule has 0 fully saturated rings. The van der Waals surface area contributed by atoms with Crippen LogP contribution in [0.3, 0.4) is 0 Å². The molecule has 1 aromatic carbocycles. The van der Waals surface area contributed by atoms with Crippen molar-refractivity contribution in [3.8, 4) is 11.4 Å². The molecule has 94 valence electrons. The van der Waals surface area contributed by atoms with E-state index in [-0.39, 0.29) is 16.5 Å². The lowest BCUT2D eigenvalue weighted by atomic mass is 10.2. The second-order valence-corrected chi connectivity index (χ2v) is 4.32. The van der Waals surface area contributed by atoms with Crippen molar-refractivity contribution in [2.45, 2.75) is 13.8 Å². The molecule has 0 radical (unpaired) electrons. The van der Waals surface area contributed by atoms with E-state index < -0.39 is 5.97 Å². The van der Waals surface area contributed by atoms with Gasteiger partial charge in [-0.05, 0) is 31.5 Å². The van der Waals surface area contributed by atoms with E-state index in [9.17, 15) is 9.90 Å².